The summed E-state index contributed by atoms with van der Waals surface area (Å²) in [7, 11) is 5.08. The summed E-state index contributed by atoms with van der Waals surface area (Å²) in [5.41, 5.74) is 2.05. The summed E-state index contributed by atoms with van der Waals surface area (Å²) in [6.07, 6.45) is 0.386. The van der Waals surface area contributed by atoms with Crippen molar-refractivity contribution < 1.29 is 14.3 Å². The molecular formula is C18H21NO3. The molecule has 22 heavy (non-hydrogen) atoms. The van der Waals surface area contributed by atoms with E-state index in [2.05, 4.69) is 0 Å². The van der Waals surface area contributed by atoms with Crippen LogP contribution in [0.25, 0.3) is 0 Å². The van der Waals surface area contributed by atoms with Crippen molar-refractivity contribution in [3.05, 3.63) is 59.7 Å². The molecule has 0 N–H and O–H groups in total. The lowest BCUT2D eigenvalue weighted by Crippen LogP contribution is -2.27. The molecule has 0 fully saturated rings. The van der Waals surface area contributed by atoms with Crippen LogP contribution in [-0.4, -0.2) is 32.1 Å². The van der Waals surface area contributed by atoms with Gasteiger partial charge in [-0.2, -0.15) is 0 Å². The van der Waals surface area contributed by atoms with Gasteiger partial charge in [0.25, 0.3) is 0 Å². The molecule has 2 aromatic carbocycles. The van der Waals surface area contributed by atoms with E-state index in [4.69, 9.17) is 9.47 Å². The third-order valence-electron chi connectivity index (χ3n) is 3.52. The predicted octanol–water partition coefficient (Wildman–Crippen LogP) is 2.90. The number of nitrogens with zero attached hydrogens (tertiary/aromatic N) is 1. The molecule has 0 saturated carbocycles. The van der Waals surface area contributed by atoms with Gasteiger partial charge < -0.3 is 14.4 Å². The van der Waals surface area contributed by atoms with Crippen LogP contribution >= 0.6 is 0 Å². The standard InChI is InChI=1S/C18H21NO3/c1-19(13-15-6-10-17(22-3)11-7-15)18(20)12-14-4-8-16(21-2)9-5-14/h4-11H,12-13H2,1-3H3. The topological polar surface area (TPSA) is 38.8 Å². The van der Waals surface area contributed by atoms with Gasteiger partial charge in [-0.05, 0) is 35.4 Å². The molecule has 4 heteroatoms. The lowest BCUT2D eigenvalue weighted by atomic mass is 10.1. The molecule has 2 aromatic rings. The number of likely N-dealkylation sites (N-methyl/N-ethyl adjacent to an activating group) is 1. The van der Waals surface area contributed by atoms with Crippen molar-refractivity contribution in [2.24, 2.45) is 0 Å². The first-order valence-electron chi connectivity index (χ1n) is 7.12. The minimum absolute atomic E-state index is 0.0842. The lowest BCUT2D eigenvalue weighted by molar-refractivity contribution is -0.129. The minimum Gasteiger partial charge on any atom is -0.497 e. The number of hydrogen-bond donors (Lipinski definition) is 0. The molecule has 0 saturated heterocycles. The van der Waals surface area contributed by atoms with Gasteiger partial charge in [-0.25, -0.2) is 0 Å². The van der Waals surface area contributed by atoms with Gasteiger partial charge in [-0.3, -0.25) is 4.79 Å². The van der Waals surface area contributed by atoms with Crippen LogP contribution in [0.15, 0.2) is 48.5 Å². The van der Waals surface area contributed by atoms with Crippen LogP contribution in [0.1, 0.15) is 11.1 Å². The van der Waals surface area contributed by atoms with Crippen molar-refractivity contribution in [1.29, 1.82) is 0 Å². The van der Waals surface area contributed by atoms with Gasteiger partial charge in [0.05, 0.1) is 20.6 Å². The molecule has 0 aliphatic carbocycles. The van der Waals surface area contributed by atoms with Crippen LogP contribution in [0.2, 0.25) is 0 Å². The molecule has 0 radical (unpaired) electrons. The molecule has 4 nitrogen and oxygen atoms in total. The average Bonchev–Trinajstić information content (AvgIpc) is 2.56. The fraction of sp³-hybridized carbons (Fsp3) is 0.278. The molecule has 0 spiro atoms. The Balaban J connectivity index is 1.92. The maximum Gasteiger partial charge on any atom is 0.227 e. The molecule has 0 bridgehead atoms. The third kappa shape index (κ3) is 4.25. The fourth-order valence-electron chi connectivity index (χ4n) is 2.15. The van der Waals surface area contributed by atoms with Crippen molar-refractivity contribution in [3.8, 4) is 11.5 Å². The van der Waals surface area contributed by atoms with Gasteiger partial charge in [0.2, 0.25) is 5.91 Å². The number of rotatable bonds is 6. The zero-order valence-electron chi connectivity index (χ0n) is 13.2. The molecule has 0 aromatic heterocycles. The first-order valence-corrected chi connectivity index (χ1v) is 7.12. The highest BCUT2D eigenvalue weighted by Gasteiger charge is 2.10. The second-order valence-corrected chi connectivity index (χ2v) is 5.12. The van der Waals surface area contributed by atoms with Crippen molar-refractivity contribution in [2.75, 3.05) is 21.3 Å². The summed E-state index contributed by atoms with van der Waals surface area (Å²) in [6.45, 7) is 0.582. The number of carbonyl (C=O) groups is 1. The first-order chi connectivity index (χ1) is 10.6. The molecular weight excluding hydrogens is 278 g/mol. The molecule has 1 amide bonds. The number of ether oxygens (including phenoxy) is 2. The van der Waals surface area contributed by atoms with E-state index < -0.39 is 0 Å². The van der Waals surface area contributed by atoms with E-state index in [0.29, 0.717) is 13.0 Å². The van der Waals surface area contributed by atoms with Gasteiger partial charge in [-0.1, -0.05) is 24.3 Å². The van der Waals surface area contributed by atoms with Gasteiger partial charge in [0, 0.05) is 13.6 Å². The van der Waals surface area contributed by atoms with E-state index in [1.54, 1.807) is 19.1 Å². The van der Waals surface area contributed by atoms with Crippen molar-refractivity contribution in [2.45, 2.75) is 13.0 Å². The minimum atomic E-state index is 0.0842. The number of carbonyl (C=O) groups excluding carboxylic acids is 1. The highest BCUT2D eigenvalue weighted by atomic mass is 16.5. The number of methoxy groups -OCH3 is 2. The highest BCUT2D eigenvalue weighted by molar-refractivity contribution is 5.78. The van der Waals surface area contributed by atoms with Crippen molar-refractivity contribution in [3.63, 3.8) is 0 Å². The SMILES string of the molecule is COc1ccc(CC(=O)N(C)Cc2ccc(OC)cc2)cc1. The Kier molecular flexibility index (Phi) is 5.42. The Bertz CT molecular complexity index is 605. The average molecular weight is 299 g/mol. The van der Waals surface area contributed by atoms with Crippen molar-refractivity contribution >= 4 is 5.91 Å². The third-order valence-corrected chi connectivity index (χ3v) is 3.52. The number of benzene rings is 2. The quantitative estimate of drug-likeness (QED) is 0.823. The second kappa shape index (κ2) is 7.50. The Labute approximate surface area is 131 Å². The van der Waals surface area contributed by atoms with E-state index in [-0.39, 0.29) is 5.91 Å². The number of amides is 1. The predicted molar refractivity (Wildman–Crippen MR) is 86.2 cm³/mol. The molecule has 2 rings (SSSR count). The van der Waals surface area contributed by atoms with E-state index in [1.165, 1.54) is 0 Å². The van der Waals surface area contributed by atoms with Crippen LogP contribution < -0.4 is 9.47 Å². The molecule has 0 unspecified atom stereocenters. The maximum atomic E-state index is 12.3. The number of hydrogen-bond acceptors (Lipinski definition) is 3. The summed E-state index contributed by atoms with van der Waals surface area (Å²) >= 11 is 0. The van der Waals surface area contributed by atoms with Crippen molar-refractivity contribution in [1.82, 2.24) is 4.90 Å². The van der Waals surface area contributed by atoms with Crippen LogP contribution in [0.3, 0.4) is 0 Å². The lowest BCUT2D eigenvalue weighted by Gasteiger charge is -2.17. The fourth-order valence-corrected chi connectivity index (χ4v) is 2.15. The van der Waals surface area contributed by atoms with E-state index in [1.807, 2.05) is 55.6 Å². The van der Waals surface area contributed by atoms with Gasteiger partial charge in [0.15, 0.2) is 0 Å². The first kappa shape index (κ1) is 15.9. The van der Waals surface area contributed by atoms with Gasteiger partial charge in [-0.15, -0.1) is 0 Å². The Morgan fingerprint density at radius 3 is 1.77 bits per heavy atom. The normalized spacial score (nSPS) is 10.1. The van der Waals surface area contributed by atoms with E-state index in [0.717, 1.165) is 22.6 Å². The van der Waals surface area contributed by atoms with E-state index in [9.17, 15) is 4.79 Å². The summed E-state index contributed by atoms with van der Waals surface area (Å²) in [6, 6.07) is 15.3. The largest absolute Gasteiger partial charge is 0.497 e. The summed E-state index contributed by atoms with van der Waals surface area (Å²) in [5, 5.41) is 0. The van der Waals surface area contributed by atoms with Crippen LogP contribution in [0.5, 0.6) is 11.5 Å². The summed E-state index contributed by atoms with van der Waals surface area (Å²) in [5.74, 6) is 1.69. The maximum absolute atomic E-state index is 12.3. The summed E-state index contributed by atoms with van der Waals surface area (Å²) < 4.78 is 10.2. The molecule has 0 aliphatic heterocycles. The van der Waals surface area contributed by atoms with Gasteiger partial charge >= 0.3 is 0 Å². The molecule has 0 atom stereocenters. The highest BCUT2D eigenvalue weighted by Crippen LogP contribution is 2.14. The Morgan fingerprint density at radius 1 is 0.864 bits per heavy atom. The Morgan fingerprint density at radius 2 is 1.32 bits per heavy atom. The smallest absolute Gasteiger partial charge is 0.227 e. The molecule has 0 heterocycles. The van der Waals surface area contributed by atoms with Crippen LogP contribution in [-0.2, 0) is 17.8 Å². The van der Waals surface area contributed by atoms with Crippen LogP contribution in [0.4, 0.5) is 0 Å². The Hall–Kier alpha value is -2.49. The molecule has 116 valence electrons. The van der Waals surface area contributed by atoms with E-state index >= 15 is 0 Å². The van der Waals surface area contributed by atoms with Gasteiger partial charge in [0.1, 0.15) is 11.5 Å². The summed E-state index contributed by atoms with van der Waals surface area (Å²) in [4.78, 5) is 14.0. The zero-order chi connectivity index (χ0) is 15.9. The molecule has 0 aliphatic rings. The van der Waals surface area contributed by atoms with Crippen LogP contribution in [0, 0.1) is 0 Å². The monoisotopic (exact) mass is 299 g/mol. The second-order valence-electron chi connectivity index (χ2n) is 5.12. The zero-order valence-corrected chi connectivity index (χ0v) is 13.2.